The summed E-state index contributed by atoms with van der Waals surface area (Å²) in [6, 6.07) is 21.7. The summed E-state index contributed by atoms with van der Waals surface area (Å²) in [4.78, 5) is 18.0. The van der Waals surface area contributed by atoms with Gasteiger partial charge in [0.05, 0.1) is 43.1 Å². The smallest absolute Gasteiger partial charge is 0.251 e. The zero-order chi connectivity index (χ0) is 32.4. The topological polar surface area (TPSA) is 108 Å². The summed E-state index contributed by atoms with van der Waals surface area (Å²) in [5.41, 5.74) is 3.52. The predicted octanol–water partition coefficient (Wildman–Crippen LogP) is 4.56. The average molecular weight is 668 g/mol. The number of rotatable bonds is 15. The highest BCUT2D eigenvalue weighted by Crippen LogP contribution is 2.30. The fourth-order valence-corrected chi connectivity index (χ4v) is 7.73. The fourth-order valence-electron chi connectivity index (χ4n) is 5.67. The number of sulfone groups is 1. The maximum absolute atomic E-state index is 13.0. The molecule has 0 aliphatic carbocycles. The van der Waals surface area contributed by atoms with Crippen molar-refractivity contribution in [2.24, 2.45) is 0 Å². The number of ether oxygens (including phenoxy) is 2. The summed E-state index contributed by atoms with van der Waals surface area (Å²) in [6.45, 7) is 8.68. The van der Waals surface area contributed by atoms with E-state index in [0.717, 1.165) is 82.6 Å². The number of aliphatic hydroxyl groups excluding tert-OH is 1. The molecule has 0 spiro atoms. The Hall–Kier alpha value is -3.09. The highest BCUT2D eigenvalue weighted by molar-refractivity contribution is 7.99. The number of anilines is 1. The molecule has 5 rings (SSSR count). The highest BCUT2D eigenvalue weighted by atomic mass is 32.2. The summed E-state index contributed by atoms with van der Waals surface area (Å²) >= 11 is 1.98. The zero-order valence-electron chi connectivity index (χ0n) is 26.5. The van der Waals surface area contributed by atoms with E-state index in [-0.39, 0.29) is 23.2 Å². The molecule has 2 heterocycles. The molecule has 3 aromatic carbocycles. The third kappa shape index (κ3) is 9.48. The fraction of sp³-hybridized carbons (Fsp3) is 0.457. The van der Waals surface area contributed by atoms with Gasteiger partial charge in [0.2, 0.25) is 0 Å². The van der Waals surface area contributed by atoms with Crippen molar-refractivity contribution in [2.75, 3.05) is 69.8 Å². The van der Waals surface area contributed by atoms with E-state index in [1.807, 2.05) is 36.0 Å². The van der Waals surface area contributed by atoms with E-state index in [4.69, 9.17) is 9.47 Å². The molecule has 1 unspecified atom stereocenters. The van der Waals surface area contributed by atoms with Gasteiger partial charge in [-0.3, -0.25) is 9.69 Å². The number of morpholine rings is 1. The Labute approximate surface area is 277 Å². The van der Waals surface area contributed by atoms with E-state index in [2.05, 4.69) is 39.4 Å². The molecular formula is C35H45N3O6S2. The Morgan fingerprint density at radius 1 is 1.02 bits per heavy atom. The number of hydrogen-bond acceptors (Lipinski definition) is 9. The van der Waals surface area contributed by atoms with Crippen LogP contribution in [0, 0.1) is 0 Å². The summed E-state index contributed by atoms with van der Waals surface area (Å²) < 4.78 is 35.5. The molecule has 2 aliphatic rings. The molecule has 2 saturated heterocycles. The first kappa shape index (κ1) is 34.3. The van der Waals surface area contributed by atoms with Crippen LogP contribution in [0.5, 0.6) is 5.75 Å². The van der Waals surface area contributed by atoms with Crippen molar-refractivity contribution in [3.63, 3.8) is 0 Å². The lowest BCUT2D eigenvalue weighted by atomic mass is 10.1. The first-order valence-corrected chi connectivity index (χ1v) is 18.8. The van der Waals surface area contributed by atoms with E-state index in [0.29, 0.717) is 16.4 Å². The lowest BCUT2D eigenvalue weighted by Crippen LogP contribution is -2.37. The second-order valence-electron chi connectivity index (χ2n) is 11.7. The third-order valence-corrected chi connectivity index (χ3v) is 11.7. The minimum atomic E-state index is -3.31. The second-order valence-corrected chi connectivity index (χ2v) is 15.3. The molecule has 0 aromatic heterocycles. The number of nitrogens with zero attached hydrogens (tertiary/aromatic N) is 2. The minimum Gasteiger partial charge on any atom is -0.494 e. The molecular weight excluding hydrogens is 623 g/mol. The standard InChI is InChI=1S/C35H45N3O6S2/c1-2-46(41,42)33-14-8-28(9-15-33)34(25-39)36-35(40)29-6-10-30(11-7-29)38-18-16-32(24-38)45-26-27-4-12-31(13-5-27)44-21-3-17-37-19-22-43-23-20-37/h4-15,32,34,39H,2-3,16-26H2,1H3,(H,36,40)/t32?,34-/m0/s1. The number of thioether (sulfide) groups is 1. The molecule has 2 atom stereocenters. The first-order valence-electron chi connectivity index (χ1n) is 16.1. The molecule has 1 amide bonds. The number of aliphatic hydroxyl groups is 1. The van der Waals surface area contributed by atoms with Crippen LogP contribution in [0.15, 0.2) is 77.7 Å². The average Bonchev–Trinajstić information content (AvgIpc) is 3.58. The van der Waals surface area contributed by atoms with E-state index in [9.17, 15) is 18.3 Å². The molecule has 0 saturated carbocycles. The Kier molecular flexibility index (Phi) is 12.4. The minimum absolute atomic E-state index is 0.0149. The lowest BCUT2D eigenvalue weighted by Gasteiger charge is -2.26. The molecule has 248 valence electrons. The van der Waals surface area contributed by atoms with Gasteiger partial charge in [-0.1, -0.05) is 31.2 Å². The van der Waals surface area contributed by atoms with Crippen LogP contribution >= 0.6 is 11.8 Å². The normalized spacial score (nSPS) is 18.0. The first-order chi connectivity index (χ1) is 22.3. The molecule has 2 aliphatic heterocycles. The van der Waals surface area contributed by atoms with E-state index in [1.54, 1.807) is 19.1 Å². The second kappa shape index (κ2) is 16.6. The highest BCUT2D eigenvalue weighted by Gasteiger charge is 2.24. The van der Waals surface area contributed by atoms with Crippen molar-refractivity contribution < 1.29 is 27.8 Å². The largest absolute Gasteiger partial charge is 0.494 e. The van der Waals surface area contributed by atoms with Crippen LogP contribution in [-0.4, -0.2) is 94.5 Å². The van der Waals surface area contributed by atoms with Crippen molar-refractivity contribution in [1.29, 1.82) is 0 Å². The maximum atomic E-state index is 13.0. The van der Waals surface area contributed by atoms with Crippen LogP contribution in [-0.2, 0) is 20.3 Å². The van der Waals surface area contributed by atoms with Crippen LogP contribution in [0.3, 0.4) is 0 Å². The number of benzene rings is 3. The molecule has 46 heavy (non-hydrogen) atoms. The lowest BCUT2D eigenvalue weighted by molar-refractivity contribution is 0.0358. The summed E-state index contributed by atoms with van der Waals surface area (Å²) in [6.07, 6.45) is 2.12. The van der Waals surface area contributed by atoms with E-state index in [1.165, 1.54) is 17.7 Å². The number of amides is 1. The van der Waals surface area contributed by atoms with Crippen LogP contribution < -0.4 is 15.0 Å². The molecule has 9 nitrogen and oxygen atoms in total. The summed E-state index contributed by atoms with van der Waals surface area (Å²) in [7, 11) is -3.31. The Balaban J connectivity index is 1.04. The van der Waals surface area contributed by atoms with Gasteiger partial charge in [-0.15, -0.1) is 0 Å². The van der Waals surface area contributed by atoms with Gasteiger partial charge in [0.1, 0.15) is 5.75 Å². The maximum Gasteiger partial charge on any atom is 0.251 e. The molecule has 2 fully saturated rings. The van der Waals surface area contributed by atoms with Crippen LogP contribution in [0.25, 0.3) is 0 Å². The predicted molar refractivity (Wildman–Crippen MR) is 184 cm³/mol. The van der Waals surface area contributed by atoms with Crippen molar-refractivity contribution in [2.45, 2.75) is 41.7 Å². The molecule has 3 aromatic rings. The molecule has 0 radical (unpaired) electrons. The Bertz CT molecular complexity index is 1490. The molecule has 0 bridgehead atoms. The van der Waals surface area contributed by atoms with E-state index < -0.39 is 15.9 Å². The molecule has 2 N–H and O–H groups in total. The number of carbonyl (C=O) groups is 1. The van der Waals surface area contributed by atoms with Gasteiger partial charge in [0.15, 0.2) is 9.84 Å². The SMILES string of the molecule is CCS(=O)(=O)c1ccc([C@H](CO)NC(=O)c2ccc(N3CCC(SCc4ccc(OCCCN5CCOCC5)cc4)C3)cc2)cc1. The number of hydrogen-bond donors (Lipinski definition) is 2. The van der Waals surface area contributed by atoms with Crippen molar-refractivity contribution >= 4 is 33.2 Å². The van der Waals surface area contributed by atoms with Crippen molar-refractivity contribution in [3.05, 3.63) is 89.5 Å². The summed E-state index contributed by atoms with van der Waals surface area (Å²) in [5.74, 6) is 1.60. The van der Waals surface area contributed by atoms with Gasteiger partial charge in [0, 0.05) is 55.0 Å². The zero-order valence-corrected chi connectivity index (χ0v) is 28.1. The van der Waals surface area contributed by atoms with Gasteiger partial charge in [-0.05, 0) is 72.5 Å². The van der Waals surface area contributed by atoms with Crippen LogP contribution in [0.4, 0.5) is 5.69 Å². The van der Waals surface area contributed by atoms with Gasteiger partial charge >= 0.3 is 0 Å². The molecule has 11 heteroatoms. The van der Waals surface area contributed by atoms with E-state index >= 15 is 0 Å². The third-order valence-electron chi connectivity index (χ3n) is 8.55. The monoisotopic (exact) mass is 667 g/mol. The summed E-state index contributed by atoms with van der Waals surface area (Å²) in [5, 5.41) is 13.3. The quantitative estimate of drug-likeness (QED) is 0.226. The van der Waals surface area contributed by atoms with Crippen molar-refractivity contribution in [3.8, 4) is 5.75 Å². The van der Waals surface area contributed by atoms with Gasteiger partial charge in [-0.2, -0.15) is 11.8 Å². The van der Waals surface area contributed by atoms with Gasteiger partial charge < -0.3 is 24.8 Å². The van der Waals surface area contributed by atoms with Gasteiger partial charge in [0.25, 0.3) is 5.91 Å². The Morgan fingerprint density at radius 3 is 2.41 bits per heavy atom. The van der Waals surface area contributed by atoms with Crippen molar-refractivity contribution in [1.82, 2.24) is 10.2 Å². The van der Waals surface area contributed by atoms with Gasteiger partial charge in [-0.25, -0.2) is 8.42 Å². The Morgan fingerprint density at radius 2 is 1.74 bits per heavy atom. The van der Waals surface area contributed by atoms with Crippen LogP contribution in [0.2, 0.25) is 0 Å². The van der Waals surface area contributed by atoms with Crippen LogP contribution in [0.1, 0.15) is 47.3 Å². The number of nitrogens with one attached hydrogen (secondary N) is 1. The number of carbonyl (C=O) groups excluding carboxylic acids is 1.